The summed E-state index contributed by atoms with van der Waals surface area (Å²) in [7, 11) is 4.14. The minimum Gasteiger partial charge on any atom is -0.378 e. The van der Waals surface area contributed by atoms with Crippen LogP contribution in [0.5, 0.6) is 0 Å². The lowest BCUT2D eigenvalue weighted by molar-refractivity contribution is 0.728. The number of rotatable bonds is 5. The van der Waals surface area contributed by atoms with E-state index in [1.807, 2.05) is 0 Å². The zero-order valence-corrected chi connectivity index (χ0v) is 12.9. The van der Waals surface area contributed by atoms with Crippen LogP contribution in [-0.4, -0.2) is 20.6 Å². The summed E-state index contributed by atoms with van der Waals surface area (Å²) < 4.78 is 0. The van der Waals surface area contributed by atoms with Crippen molar-refractivity contribution in [2.24, 2.45) is 0 Å². The minimum absolute atomic E-state index is 0.918. The Bertz CT molecular complexity index is 556. The highest BCUT2D eigenvalue weighted by Crippen LogP contribution is 2.27. The smallest absolute Gasteiger partial charge is 0.0361 e. The maximum atomic E-state index is 3.42. The molecular formula is C18H24N2. The van der Waals surface area contributed by atoms with E-state index < -0.39 is 0 Å². The Morgan fingerprint density at radius 3 is 2.30 bits per heavy atom. The Labute approximate surface area is 122 Å². The van der Waals surface area contributed by atoms with Crippen molar-refractivity contribution in [3.05, 3.63) is 53.6 Å². The lowest BCUT2D eigenvalue weighted by atomic mass is 9.97. The standard InChI is InChI=1S/C18H24N2/c1-5-19-13-16-7-6-14(2)12-18(16)15-8-10-17(11-9-15)20(3)4/h6-12,19H,5,13H2,1-4H3. The summed E-state index contributed by atoms with van der Waals surface area (Å²) in [6.45, 7) is 6.20. The van der Waals surface area contributed by atoms with Crippen LogP contribution in [0.15, 0.2) is 42.5 Å². The monoisotopic (exact) mass is 268 g/mol. The van der Waals surface area contributed by atoms with Crippen LogP contribution in [-0.2, 0) is 6.54 Å². The van der Waals surface area contributed by atoms with E-state index in [1.165, 1.54) is 27.9 Å². The Kier molecular flexibility index (Phi) is 4.80. The number of hydrogen-bond donors (Lipinski definition) is 1. The van der Waals surface area contributed by atoms with Gasteiger partial charge in [-0.05, 0) is 42.3 Å². The summed E-state index contributed by atoms with van der Waals surface area (Å²) in [5, 5.41) is 3.42. The number of nitrogens with zero attached hydrogens (tertiary/aromatic N) is 1. The van der Waals surface area contributed by atoms with E-state index in [0.29, 0.717) is 0 Å². The van der Waals surface area contributed by atoms with Crippen LogP contribution in [0.1, 0.15) is 18.1 Å². The molecule has 0 aromatic heterocycles. The normalized spacial score (nSPS) is 10.6. The molecule has 1 N–H and O–H groups in total. The lowest BCUT2D eigenvalue weighted by Gasteiger charge is -2.15. The van der Waals surface area contributed by atoms with E-state index in [4.69, 9.17) is 0 Å². The molecule has 0 aliphatic heterocycles. The number of anilines is 1. The van der Waals surface area contributed by atoms with Gasteiger partial charge in [-0.15, -0.1) is 0 Å². The number of aryl methyl sites for hydroxylation is 1. The van der Waals surface area contributed by atoms with Crippen molar-refractivity contribution in [2.75, 3.05) is 25.5 Å². The van der Waals surface area contributed by atoms with Gasteiger partial charge in [0.1, 0.15) is 0 Å². The molecule has 0 bridgehead atoms. The van der Waals surface area contributed by atoms with E-state index in [-0.39, 0.29) is 0 Å². The molecule has 0 saturated carbocycles. The van der Waals surface area contributed by atoms with Gasteiger partial charge in [0, 0.05) is 26.3 Å². The highest BCUT2D eigenvalue weighted by molar-refractivity contribution is 5.70. The molecule has 20 heavy (non-hydrogen) atoms. The molecule has 0 radical (unpaired) electrons. The van der Waals surface area contributed by atoms with E-state index in [2.05, 4.69) is 80.6 Å². The summed E-state index contributed by atoms with van der Waals surface area (Å²) in [6.07, 6.45) is 0. The van der Waals surface area contributed by atoms with Crippen LogP contribution in [0.3, 0.4) is 0 Å². The molecule has 106 valence electrons. The van der Waals surface area contributed by atoms with Crippen LogP contribution in [0.4, 0.5) is 5.69 Å². The SMILES string of the molecule is CCNCc1ccc(C)cc1-c1ccc(N(C)C)cc1. The second-order valence-corrected chi connectivity index (χ2v) is 5.38. The number of hydrogen-bond acceptors (Lipinski definition) is 2. The molecule has 0 amide bonds. The van der Waals surface area contributed by atoms with Crippen LogP contribution < -0.4 is 10.2 Å². The largest absolute Gasteiger partial charge is 0.378 e. The molecule has 2 aromatic rings. The molecule has 0 spiro atoms. The van der Waals surface area contributed by atoms with Gasteiger partial charge in [-0.1, -0.05) is 42.8 Å². The van der Waals surface area contributed by atoms with Crippen molar-refractivity contribution in [3.63, 3.8) is 0 Å². The summed E-state index contributed by atoms with van der Waals surface area (Å²) in [4.78, 5) is 2.12. The first-order valence-corrected chi connectivity index (χ1v) is 7.20. The van der Waals surface area contributed by atoms with E-state index >= 15 is 0 Å². The quantitative estimate of drug-likeness (QED) is 0.886. The Morgan fingerprint density at radius 1 is 1.00 bits per heavy atom. The van der Waals surface area contributed by atoms with Gasteiger partial charge in [-0.2, -0.15) is 0 Å². The third kappa shape index (κ3) is 3.40. The molecule has 0 fully saturated rings. The van der Waals surface area contributed by atoms with Crippen molar-refractivity contribution in [3.8, 4) is 11.1 Å². The molecular weight excluding hydrogens is 244 g/mol. The lowest BCUT2D eigenvalue weighted by Crippen LogP contribution is -2.12. The summed E-state index contributed by atoms with van der Waals surface area (Å²) in [6, 6.07) is 15.5. The minimum atomic E-state index is 0.918. The zero-order chi connectivity index (χ0) is 14.5. The fourth-order valence-corrected chi connectivity index (χ4v) is 2.31. The average molecular weight is 268 g/mol. The highest BCUT2D eigenvalue weighted by atomic mass is 15.1. The van der Waals surface area contributed by atoms with Crippen molar-refractivity contribution in [1.29, 1.82) is 0 Å². The average Bonchev–Trinajstić information content (AvgIpc) is 2.46. The molecule has 0 saturated heterocycles. The molecule has 0 aliphatic rings. The van der Waals surface area contributed by atoms with Crippen LogP contribution in [0, 0.1) is 6.92 Å². The fourth-order valence-electron chi connectivity index (χ4n) is 2.31. The third-order valence-corrected chi connectivity index (χ3v) is 3.53. The predicted molar refractivity (Wildman–Crippen MR) is 88.3 cm³/mol. The van der Waals surface area contributed by atoms with Crippen molar-refractivity contribution in [2.45, 2.75) is 20.4 Å². The Morgan fingerprint density at radius 2 is 1.70 bits per heavy atom. The molecule has 2 rings (SSSR count). The molecule has 0 atom stereocenters. The molecule has 2 nitrogen and oxygen atoms in total. The van der Waals surface area contributed by atoms with Crippen LogP contribution in [0.25, 0.3) is 11.1 Å². The van der Waals surface area contributed by atoms with Gasteiger partial charge in [-0.25, -0.2) is 0 Å². The van der Waals surface area contributed by atoms with Gasteiger partial charge in [0.25, 0.3) is 0 Å². The van der Waals surface area contributed by atoms with Gasteiger partial charge in [-0.3, -0.25) is 0 Å². The second-order valence-electron chi connectivity index (χ2n) is 5.38. The van der Waals surface area contributed by atoms with Gasteiger partial charge in [0.2, 0.25) is 0 Å². The van der Waals surface area contributed by atoms with Gasteiger partial charge in [0.05, 0.1) is 0 Å². The van der Waals surface area contributed by atoms with E-state index in [0.717, 1.165) is 13.1 Å². The summed E-state index contributed by atoms with van der Waals surface area (Å²) in [5.74, 6) is 0. The maximum absolute atomic E-state index is 3.42. The molecule has 0 aliphatic carbocycles. The maximum Gasteiger partial charge on any atom is 0.0361 e. The third-order valence-electron chi connectivity index (χ3n) is 3.53. The summed E-state index contributed by atoms with van der Waals surface area (Å²) in [5.41, 5.74) is 6.50. The first kappa shape index (κ1) is 14.6. The van der Waals surface area contributed by atoms with Gasteiger partial charge in [0.15, 0.2) is 0 Å². The Hall–Kier alpha value is -1.80. The van der Waals surface area contributed by atoms with E-state index in [1.54, 1.807) is 0 Å². The van der Waals surface area contributed by atoms with Gasteiger partial charge >= 0.3 is 0 Å². The fraction of sp³-hybridized carbons (Fsp3) is 0.333. The van der Waals surface area contributed by atoms with Crippen LogP contribution >= 0.6 is 0 Å². The van der Waals surface area contributed by atoms with Gasteiger partial charge < -0.3 is 10.2 Å². The molecule has 2 aromatic carbocycles. The number of benzene rings is 2. The molecule has 0 unspecified atom stereocenters. The molecule has 2 heteroatoms. The van der Waals surface area contributed by atoms with Crippen molar-refractivity contribution in [1.82, 2.24) is 5.32 Å². The van der Waals surface area contributed by atoms with Crippen LogP contribution in [0.2, 0.25) is 0 Å². The number of nitrogens with one attached hydrogen (secondary N) is 1. The van der Waals surface area contributed by atoms with Crippen molar-refractivity contribution < 1.29 is 0 Å². The topological polar surface area (TPSA) is 15.3 Å². The second kappa shape index (κ2) is 6.58. The zero-order valence-electron chi connectivity index (χ0n) is 12.9. The first-order chi connectivity index (χ1) is 9.61. The van der Waals surface area contributed by atoms with E-state index in [9.17, 15) is 0 Å². The highest BCUT2D eigenvalue weighted by Gasteiger charge is 2.06. The van der Waals surface area contributed by atoms with Crippen molar-refractivity contribution >= 4 is 5.69 Å². The Balaban J connectivity index is 2.37. The molecule has 0 heterocycles. The first-order valence-electron chi connectivity index (χ1n) is 7.20. The predicted octanol–water partition coefficient (Wildman–Crippen LogP) is 3.84. The summed E-state index contributed by atoms with van der Waals surface area (Å²) >= 11 is 0.